The van der Waals surface area contributed by atoms with Crippen molar-refractivity contribution < 1.29 is 14.4 Å². The second-order valence-corrected chi connectivity index (χ2v) is 14.1. The zero-order valence-electron chi connectivity index (χ0n) is 26.9. The van der Waals surface area contributed by atoms with Crippen molar-refractivity contribution in [1.29, 1.82) is 5.26 Å². The minimum absolute atomic E-state index is 0.0562. The normalized spacial score (nSPS) is 11.6. The molecule has 0 saturated carbocycles. The second-order valence-electron chi connectivity index (χ2n) is 11.1. The van der Waals surface area contributed by atoms with Crippen LogP contribution in [0.3, 0.4) is 0 Å². The second kappa shape index (κ2) is 16.8. The van der Waals surface area contributed by atoms with E-state index in [0.717, 1.165) is 26.1 Å². The number of nitrogens with one attached hydrogen (secondary N) is 3. The molecule has 1 atom stereocenters. The first-order valence-corrected chi connectivity index (χ1v) is 18.3. The van der Waals surface area contributed by atoms with Gasteiger partial charge in [-0.1, -0.05) is 113 Å². The number of carbonyl (C=O) groups is 3. The maximum absolute atomic E-state index is 13.9. The summed E-state index contributed by atoms with van der Waals surface area (Å²) in [7, 11) is 0. The summed E-state index contributed by atoms with van der Waals surface area (Å²) < 4.78 is 0.826. The quantitative estimate of drug-likeness (QED) is 0.0898. The molecule has 0 aliphatic carbocycles. The molecule has 250 valence electrons. The number of hydrogen-bond acceptors (Lipinski definition) is 6. The summed E-state index contributed by atoms with van der Waals surface area (Å²) in [4.78, 5) is 41.5. The zero-order valence-corrected chi connectivity index (χ0v) is 30.1. The van der Waals surface area contributed by atoms with Crippen molar-refractivity contribution in [2.45, 2.75) is 10.1 Å². The predicted octanol–water partition coefficient (Wildman–Crippen LogP) is 9.93. The molecule has 0 radical (unpaired) electrons. The lowest BCUT2D eigenvalue weighted by Crippen LogP contribution is -2.30. The highest BCUT2D eigenvalue weighted by molar-refractivity contribution is 9.10. The Balaban J connectivity index is 1.24. The molecular weight excluding hydrogens is 741 g/mol. The Morgan fingerprint density at radius 3 is 2.18 bits per heavy atom. The molecule has 10 heteroatoms. The minimum atomic E-state index is -0.678. The van der Waals surface area contributed by atoms with E-state index < -0.39 is 17.1 Å². The van der Waals surface area contributed by atoms with Crippen LogP contribution in [0, 0.1) is 11.3 Å². The Morgan fingerprint density at radius 2 is 1.47 bits per heavy atom. The molecule has 0 aliphatic heterocycles. The number of hydrogen-bond donors (Lipinski definition) is 3. The molecule has 5 aromatic carbocycles. The van der Waals surface area contributed by atoms with Gasteiger partial charge in [0.2, 0.25) is 5.91 Å². The molecule has 0 aliphatic rings. The van der Waals surface area contributed by atoms with Crippen molar-refractivity contribution >= 4 is 73.5 Å². The molecule has 1 aromatic heterocycles. The third-order valence-electron chi connectivity index (χ3n) is 7.60. The van der Waals surface area contributed by atoms with Crippen LogP contribution < -0.4 is 16.0 Å². The van der Waals surface area contributed by atoms with Gasteiger partial charge in [0, 0.05) is 31.6 Å². The van der Waals surface area contributed by atoms with Gasteiger partial charge in [0.1, 0.15) is 22.0 Å². The molecule has 3 amide bonds. The van der Waals surface area contributed by atoms with E-state index in [1.807, 2.05) is 102 Å². The van der Waals surface area contributed by atoms with E-state index in [1.165, 1.54) is 23.1 Å². The number of benzene rings is 5. The highest BCUT2D eigenvalue weighted by Gasteiger charge is 2.25. The van der Waals surface area contributed by atoms with Crippen LogP contribution in [0.25, 0.3) is 17.2 Å². The van der Waals surface area contributed by atoms with E-state index in [9.17, 15) is 19.6 Å². The number of thioether (sulfide) groups is 1. The van der Waals surface area contributed by atoms with Crippen LogP contribution in [0.1, 0.15) is 32.3 Å². The Morgan fingerprint density at radius 1 is 0.784 bits per heavy atom. The van der Waals surface area contributed by atoms with Crippen molar-refractivity contribution in [3.8, 4) is 17.2 Å². The van der Waals surface area contributed by atoms with E-state index in [4.69, 9.17) is 0 Å². The van der Waals surface area contributed by atoms with Crippen molar-refractivity contribution in [1.82, 2.24) is 5.32 Å². The monoisotopic (exact) mass is 768 g/mol. The number of rotatable bonds is 11. The molecule has 6 aromatic rings. The molecule has 0 saturated heterocycles. The van der Waals surface area contributed by atoms with E-state index in [0.29, 0.717) is 27.4 Å². The van der Waals surface area contributed by atoms with Gasteiger partial charge in [-0.15, -0.1) is 23.1 Å². The van der Waals surface area contributed by atoms with Gasteiger partial charge in [-0.3, -0.25) is 14.4 Å². The van der Waals surface area contributed by atoms with Crippen molar-refractivity contribution in [3.05, 3.63) is 177 Å². The number of thiophene rings is 1. The van der Waals surface area contributed by atoms with Crippen LogP contribution in [-0.4, -0.2) is 17.7 Å². The van der Waals surface area contributed by atoms with E-state index in [-0.39, 0.29) is 11.6 Å². The average molecular weight is 770 g/mol. The van der Waals surface area contributed by atoms with Crippen molar-refractivity contribution in [2.24, 2.45) is 0 Å². The van der Waals surface area contributed by atoms with Gasteiger partial charge in [0.05, 0.1) is 5.56 Å². The predicted molar refractivity (Wildman–Crippen MR) is 209 cm³/mol. The molecule has 6 rings (SSSR count). The lowest BCUT2D eigenvalue weighted by atomic mass is 10.1. The Hall–Kier alpha value is -5.73. The van der Waals surface area contributed by atoms with Gasteiger partial charge in [-0.25, -0.2) is 0 Å². The van der Waals surface area contributed by atoms with Gasteiger partial charge in [-0.05, 0) is 65.2 Å². The number of amides is 3. The van der Waals surface area contributed by atoms with Crippen LogP contribution in [0.4, 0.5) is 10.7 Å². The summed E-state index contributed by atoms with van der Waals surface area (Å²) in [5, 5.41) is 20.4. The number of carbonyl (C=O) groups excluding carboxylic acids is 3. The van der Waals surface area contributed by atoms with Crippen LogP contribution in [-0.2, 0) is 9.59 Å². The summed E-state index contributed by atoms with van der Waals surface area (Å²) in [6, 6.07) is 44.5. The van der Waals surface area contributed by atoms with E-state index >= 15 is 0 Å². The fourth-order valence-corrected chi connectivity index (χ4v) is 7.58. The largest absolute Gasteiger partial charge is 0.321 e. The van der Waals surface area contributed by atoms with Crippen molar-refractivity contribution in [2.75, 3.05) is 10.6 Å². The molecule has 51 heavy (non-hydrogen) atoms. The summed E-state index contributed by atoms with van der Waals surface area (Å²) in [5.41, 5.74) is 4.50. The standard InChI is InChI=1S/C41H29BrN4O3S2/c42-31-19-10-12-27(22-31)23-36(45-38(47)30-17-8-3-9-18-30)39(48)44-32-20-11-21-33(24-32)51-37(29-15-6-2-7-16-29)40(49)46-41-34(25-43)35(26-50-41)28-13-4-1-5-14-28/h1-24,26,37H,(H,44,48)(H,45,47)(H,46,49)/b36-23+. The number of nitrogens with zero attached hydrogens (tertiary/aromatic N) is 1. The van der Waals surface area contributed by atoms with Gasteiger partial charge < -0.3 is 16.0 Å². The topological polar surface area (TPSA) is 111 Å². The van der Waals surface area contributed by atoms with Gasteiger partial charge in [-0.2, -0.15) is 5.26 Å². The molecule has 0 spiro atoms. The average Bonchev–Trinajstić information content (AvgIpc) is 3.57. The summed E-state index contributed by atoms with van der Waals surface area (Å²) in [5.74, 6) is -1.23. The minimum Gasteiger partial charge on any atom is -0.321 e. The van der Waals surface area contributed by atoms with E-state index in [1.54, 1.807) is 48.5 Å². The Bertz CT molecular complexity index is 2250. The third-order valence-corrected chi connectivity index (χ3v) is 10.2. The fraction of sp³-hybridized carbons (Fsp3) is 0.0244. The molecular formula is C41H29BrN4O3S2. The zero-order chi connectivity index (χ0) is 35.6. The summed E-state index contributed by atoms with van der Waals surface area (Å²) >= 11 is 6.09. The van der Waals surface area contributed by atoms with Crippen LogP contribution >= 0.6 is 39.0 Å². The smallest absolute Gasteiger partial charge is 0.272 e. The van der Waals surface area contributed by atoms with Crippen LogP contribution in [0.15, 0.2) is 160 Å². The molecule has 7 nitrogen and oxygen atoms in total. The molecule has 1 unspecified atom stereocenters. The molecule has 0 fully saturated rings. The highest BCUT2D eigenvalue weighted by atomic mass is 79.9. The maximum atomic E-state index is 13.9. The third kappa shape index (κ3) is 9.09. The van der Waals surface area contributed by atoms with Crippen LogP contribution in [0.5, 0.6) is 0 Å². The summed E-state index contributed by atoms with van der Waals surface area (Å²) in [6.07, 6.45) is 1.61. The first-order valence-electron chi connectivity index (χ1n) is 15.7. The SMILES string of the molecule is N#Cc1c(-c2ccccc2)csc1NC(=O)C(Sc1cccc(NC(=O)/C(=C\c2cccc(Br)c2)NC(=O)c2ccccc2)c1)c1ccccc1. The molecule has 0 bridgehead atoms. The summed E-state index contributed by atoms with van der Waals surface area (Å²) in [6.45, 7) is 0. The first kappa shape index (κ1) is 35.1. The Labute approximate surface area is 312 Å². The van der Waals surface area contributed by atoms with Gasteiger partial charge in [0.15, 0.2) is 0 Å². The van der Waals surface area contributed by atoms with Gasteiger partial charge >= 0.3 is 0 Å². The maximum Gasteiger partial charge on any atom is 0.272 e. The van der Waals surface area contributed by atoms with Crippen molar-refractivity contribution in [3.63, 3.8) is 0 Å². The number of halogens is 1. The highest BCUT2D eigenvalue weighted by Crippen LogP contribution is 2.40. The Kier molecular flexibility index (Phi) is 11.6. The van der Waals surface area contributed by atoms with Crippen LogP contribution in [0.2, 0.25) is 0 Å². The molecule has 1 heterocycles. The number of nitriles is 1. The van der Waals surface area contributed by atoms with Gasteiger partial charge in [0.25, 0.3) is 11.8 Å². The lowest BCUT2D eigenvalue weighted by Gasteiger charge is -2.17. The fourth-order valence-electron chi connectivity index (χ4n) is 5.16. The number of anilines is 2. The van der Waals surface area contributed by atoms with E-state index in [2.05, 4.69) is 37.9 Å². The molecule has 3 N–H and O–H groups in total. The lowest BCUT2D eigenvalue weighted by molar-refractivity contribution is -0.116. The first-order chi connectivity index (χ1) is 24.9.